The Kier molecular flexibility index (Phi) is 3.00. The SMILES string of the molecule is C=C(Nc1ccccc1N)C1Cc2ccccc2C1. The second-order valence-corrected chi connectivity index (χ2v) is 5.11. The van der Waals surface area contributed by atoms with Crippen molar-refractivity contribution >= 4 is 11.4 Å². The van der Waals surface area contributed by atoms with Crippen LogP contribution in [-0.4, -0.2) is 0 Å². The summed E-state index contributed by atoms with van der Waals surface area (Å²) in [6.45, 7) is 4.19. The molecule has 2 aromatic rings. The average molecular weight is 250 g/mol. The fourth-order valence-corrected chi connectivity index (χ4v) is 2.69. The third-order valence-electron chi connectivity index (χ3n) is 3.80. The second kappa shape index (κ2) is 4.81. The van der Waals surface area contributed by atoms with E-state index in [0.29, 0.717) is 5.92 Å². The van der Waals surface area contributed by atoms with E-state index in [1.165, 1.54) is 11.1 Å². The van der Waals surface area contributed by atoms with Crippen LogP contribution in [-0.2, 0) is 12.8 Å². The fourth-order valence-electron chi connectivity index (χ4n) is 2.69. The zero-order valence-electron chi connectivity index (χ0n) is 10.9. The monoisotopic (exact) mass is 250 g/mol. The molecular weight excluding hydrogens is 232 g/mol. The topological polar surface area (TPSA) is 38.0 Å². The molecule has 0 aromatic heterocycles. The van der Waals surface area contributed by atoms with Gasteiger partial charge in [0.2, 0.25) is 0 Å². The molecule has 0 heterocycles. The molecule has 0 bridgehead atoms. The van der Waals surface area contributed by atoms with Crippen LogP contribution in [0.25, 0.3) is 0 Å². The van der Waals surface area contributed by atoms with Crippen molar-refractivity contribution in [2.45, 2.75) is 12.8 Å². The zero-order valence-corrected chi connectivity index (χ0v) is 10.9. The van der Waals surface area contributed by atoms with Crippen LogP contribution in [0.5, 0.6) is 0 Å². The minimum atomic E-state index is 0.456. The lowest BCUT2D eigenvalue weighted by Crippen LogP contribution is -2.12. The Labute approximate surface area is 114 Å². The van der Waals surface area contributed by atoms with Gasteiger partial charge in [-0.3, -0.25) is 0 Å². The number of rotatable bonds is 3. The Morgan fingerprint density at radius 1 is 1.00 bits per heavy atom. The van der Waals surface area contributed by atoms with Gasteiger partial charge in [0.25, 0.3) is 0 Å². The van der Waals surface area contributed by atoms with Crippen molar-refractivity contribution in [3.63, 3.8) is 0 Å². The Morgan fingerprint density at radius 3 is 2.21 bits per heavy atom. The molecule has 1 aliphatic rings. The average Bonchev–Trinajstić information content (AvgIpc) is 2.85. The molecule has 0 atom stereocenters. The van der Waals surface area contributed by atoms with Crippen molar-refractivity contribution in [3.05, 3.63) is 71.9 Å². The summed E-state index contributed by atoms with van der Waals surface area (Å²) in [5.41, 5.74) is 11.6. The summed E-state index contributed by atoms with van der Waals surface area (Å²) in [6, 6.07) is 16.4. The normalized spacial score (nSPS) is 14.1. The summed E-state index contributed by atoms with van der Waals surface area (Å²) < 4.78 is 0. The van der Waals surface area contributed by atoms with Crippen LogP contribution in [0.2, 0.25) is 0 Å². The van der Waals surface area contributed by atoms with Gasteiger partial charge in [0.15, 0.2) is 0 Å². The predicted octanol–water partition coefficient (Wildman–Crippen LogP) is 3.61. The molecule has 19 heavy (non-hydrogen) atoms. The summed E-state index contributed by atoms with van der Waals surface area (Å²) in [5.74, 6) is 0.456. The van der Waals surface area contributed by atoms with E-state index in [0.717, 1.165) is 29.9 Å². The summed E-state index contributed by atoms with van der Waals surface area (Å²) >= 11 is 0. The highest BCUT2D eigenvalue weighted by atomic mass is 14.9. The molecule has 0 aliphatic heterocycles. The molecule has 2 heteroatoms. The summed E-state index contributed by atoms with van der Waals surface area (Å²) in [6.07, 6.45) is 2.13. The smallest absolute Gasteiger partial charge is 0.0615 e. The molecule has 0 saturated heterocycles. The Balaban J connectivity index is 1.72. The van der Waals surface area contributed by atoms with Crippen LogP contribution in [0.3, 0.4) is 0 Å². The van der Waals surface area contributed by atoms with Crippen molar-refractivity contribution in [3.8, 4) is 0 Å². The van der Waals surface area contributed by atoms with Gasteiger partial charge in [0.05, 0.1) is 11.4 Å². The molecule has 0 spiro atoms. The number of benzene rings is 2. The van der Waals surface area contributed by atoms with Gasteiger partial charge in [0, 0.05) is 11.6 Å². The first-order valence-corrected chi connectivity index (χ1v) is 6.61. The number of para-hydroxylation sites is 2. The summed E-state index contributed by atoms with van der Waals surface area (Å²) in [7, 11) is 0. The Bertz CT molecular complexity index is 591. The van der Waals surface area contributed by atoms with Crippen molar-refractivity contribution in [1.29, 1.82) is 0 Å². The quantitative estimate of drug-likeness (QED) is 0.817. The third kappa shape index (κ3) is 2.34. The molecule has 1 aliphatic carbocycles. The zero-order chi connectivity index (χ0) is 13.2. The molecule has 2 nitrogen and oxygen atoms in total. The molecule has 0 fully saturated rings. The van der Waals surface area contributed by atoms with E-state index in [9.17, 15) is 0 Å². The highest BCUT2D eigenvalue weighted by molar-refractivity contribution is 5.67. The summed E-state index contributed by atoms with van der Waals surface area (Å²) in [5, 5.41) is 3.37. The molecule has 0 saturated carbocycles. The summed E-state index contributed by atoms with van der Waals surface area (Å²) in [4.78, 5) is 0. The van der Waals surface area contributed by atoms with Crippen molar-refractivity contribution in [2.75, 3.05) is 11.1 Å². The number of nitrogen functional groups attached to an aromatic ring is 1. The fraction of sp³-hybridized carbons (Fsp3) is 0.176. The van der Waals surface area contributed by atoms with Gasteiger partial charge in [-0.15, -0.1) is 0 Å². The van der Waals surface area contributed by atoms with Crippen LogP contribution in [0.4, 0.5) is 11.4 Å². The highest BCUT2D eigenvalue weighted by Crippen LogP contribution is 2.31. The standard InChI is InChI=1S/C17H18N2/c1-12(19-17-9-5-4-8-16(17)18)15-10-13-6-2-3-7-14(13)11-15/h2-9,15,19H,1,10-11,18H2. The first-order chi connectivity index (χ1) is 9.24. The van der Waals surface area contributed by atoms with E-state index < -0.39 is 0 Å². The molecule has 0 amide bonds. The number of hydrogen-bond acceptors (Lipinski definition) is 2. The maximum atomic E-state index is 5.95. The minimum Gasteiger partial charge on any atom is -0.397 e. The third-order valence-corrected chi connectivity index (χ3v) is 3.80. The van der Waals surface area contributed by atoms with Crippen LogP contribution < -0.4 is 11.1 Å². The Morgan fingerprint density at radius 2 is 1.58 bits per heavy atom. The van der Waals surface area contributed by atoms with Crippen LogP contribution in [0, 0.1) is 5.92 Å². The van der Waals surface area contributed by atoms with E-state index in [2.05, 4.69) is 36.2 Å². The first-order valence-electron chi connectivity index (χ1n) is 6.61. The van der Waals surface area contributed by atoms with E-state index in [-0.39, 0.29) is 0 Å². The lowest BCUT2D eigenvalue weighted by atomic mass is 10.0. The number of fused-ring (bicyclic) bond motifs is 1. The van der Waals surface area contributed by atoms with Crippen molar-refractivity contribution in [2.24, 2.45) is 5.92 Å². The first kappa shape index (κ1) is 11.8. The number of anilines is 2. The van der Waals surface area contributed by atoms with Crippen LogP contribution in [0.15, 0.2) is 60.8 Å². The van der Waals surface area contributed by atoms with E-state index in [1.807, 2.05) is 24.3 Å². The lowest BCUT2D eigenvalue weighted by Gasteiger charge is -2.16. The van der Waals surface area contributed by atoms with Gasteiger partial charge in [-0.1, -0.05) is 43.0 Å². The van der Waals surface area contributed by atoms with Gasteiger partial charge in [-0.25, -0.2) is 0 Å². The molecular formula is C17H18N2. The molecule has 3 N–H and O–H groups in total. The van der Waals surface area contributed by atoms with Gasteiger partial charge in [0.1, 0.15) is 0 Å². The maximum absolute atomic E-state index is 5.95. The number of nitrogens with two attached hydrogens (primary N) is 1. The largest absolute Gasteiger partial charge is 0.397 e. The van der Waals surface area contributed by atoms with Crippen LogP contribution >= 0.6 is 0 Å². The van der Waals surface area contributed by atoms with E-state index in [1.54, 1.807) is 0 Å². The van der Waals surface area contributed by atoms with Gasteiger partial charge < -0.3 is 11.1 Å². The van der Waals surface area contributed by atoms with Crippen LogP contribution in [0.1, 0.15) is 11.1 Å². The van der Waals surface area contributed by atoms with Gasteiger partial charge in [-0.05, 0) is 36.1 Å². The van der Waals surface area contributed by atoms with E-state index in [4.69, 9.17) is 5.73 Å². The number of nitrogens with one attached hydrogen (secondary N) is 1. The number of allylic oxidation sites excluding steroid dienone is 1. The van der Waals surface area contributed by atoms with Gasteiger partial charge in [-0.2, -0.15) is 0 Å². The maximum Gasteiger partial charge on any atom is 0.0615 e. The van der Waals surface area contributed by atoms with Crippen molar-refractivity contribution < 1.29 is 0 Å². The second-order valence-electron chi connectivity index (χ2n) is 5.11. The minimum absolute atomic E-state index is 0.456. The Hall–Kier alpha value is -2.22. The van der Waals surface area contributed by atoms with E-state index >= 15 is 0 Å². The lowest BCUT2D eigenvalue weighted by molar-refractivity contribution is 0.665. The molecule has 2 aromatic carbocycles. The predicted molar refractivity (Wildman–Crippen MR) is 81.0 cm³/mol. The number of hydrogen-bond donors (Lipinski definition) is 2. The van der Waals surface area contributed by atoms with Crippen molar-refractivity contribution in [1.82, 2.24) is 0 Å². The molecule has 0 radical (unpaired) electrons. The highest BCUT2D eigenvalue weighted by Gasteiger charge is 2.23. The molecule has 3 rings (SSSR count). The van der Waals surface area contributed by atoms with Gasteiger partial charge >= 0.3 is 0 Å². The molecule has 96 valence electrons. The molecule has 0 unspecified atom stereocenters.